The number of halogens is 1. The highest BCUT2D eigenvalue weighted by atomic mass is 35.5. The zero-order valence-corrected chi connectivity index (χ0v) is 17.0. The number of nitro groups is 1. The Morgan fingerprint density at radius 3 is 2.63 bits per heavy atom. The van der Waals surface area contributed by atoms with Crippen LogP contribution >= 0.6 is 11.6 Å². The summed E-state index contributed by atoms with van der Waals surface area (Å²) in [7, 11) is 1.50. The van der Waals surface area contributed by atoms with Gasteiger partial charge in [0.25, 0.3) is 5.69 Å². The number of hydrogen-bond donors (Lipinski definition) is 1. The molecule has 156 valence electrons. The molecule has 10 heteroatoms. The van der Waals surface area contributed by atoms with E-state index in [9.17, 15) is 14.9 Å². The van der Waals surface area contributed by atoms with Gasteiger partial charge in [-0.15, -0.1) is 0 Å². The van der Waals surface area contributed by atoms with Gasteiger partial charge in [0.15, 0.2) is 11.5 Å². The number of amides is 1. The summed E-state index contributed by atoms with van der Waals surface area (Å²) in [6, 6.07) is 11.0. The molecule has 0 aliphatic rings. The summed E-state index contributed by atoms with van der Waals surface area (Å²) < 4.78 is 12.6. The Balaban J connectivity index is 1.76. The second-order valence-corrected chi connectivity index (χ2v) is 6.73. The Hall–Kier alpha value is -3.59. The van der Waals surface area contributed by atoms with Crippen LogP contribution in [0.1, 0.15) is 12.1 Å². The molecule has 1 heterocycles. The van der Waals surface area contributed by atoms with E-state index in [1.807, 2.05) is 0 Å². The van der Waals surface area contributed by atoms with E-state index in [0.717, 1.165) is 5.69 Å². The van der Waals surface area contributed by atoms with Crippen LogP contribution < -0.4 is 14.8 Å². The predicted octanol–water partition coefficient (Wildman–Crippen LogP) is 4.58. The molecule has 0 saturated heterocycles. The zero-order valence-electron chi connectivity index (χ0n) is 16.3. The minimum absolute atomic E-state index is 0.115. The highest BCUT2D eigenvalue weighted by Gasteiger charge is 2.15. The minimum atomic E-state index is -0.556. The van der Waals surface area contributed by atoms with Crippen molar-refractivity contribution < 1.29 is 19.2 Å². The van der Waals surface area contributed by atoms with Gasteiger partial charge in [0.1, 0.15) is 5.75 Å². The third kappa shape index (κ3) is 5.06. The van der Waals surface area contributed by atoms with Crippen molar-refractivity contribution in [1.29, 1.82) is 0 Å². The quantitative estimate of drug-likeness (QED) is 0.413. The molecule has 3 rings (SSSR count). The largest absolute Gasteiger partial charge is 0.493 e. The Morgan fingerprint density at radius 2 is 2.00 bits per heavy atom. The molecular weight excluding hydrogens is 412 g/mol. The number of non-ortho nitro benzene ring substituents is 1. The van der Waals surface area contributed by atoms with Gasteiger partial charge in [-0.05, 0) is 19.1 Å². The van der Waals surface area contributed by atoms with Crippen LogP contribution in [0.2, 0.25) is 5.02 Å². The summed E-state index contributed by atoms with van der Waals surface area (Å²) in [5, 5.41) is 18.6. The van der Waals surface area contributed by atoms with Crippen LogP contribution in [0.3, 0.4) is 0 Å². The minimum Gasteiger partial charge on any atom is -0.493 e. The number of carbonyl (C=O) groups excluding carboxylic acids is 1. The number of rotatable bonds is 8. The summed E-state index contributed by atoms with van der Waals surface area (Å²) in [6.45, 7) is 2.12. The molecule has 2 aromatic carbocycles. The van der Waals surface area contributed by atoms with E-state index in [1.165, 1.54) is 31.5 Å². The van der Waals surface area contributed by atoms with Gasteiger partial charge in [-0.3, -0.25) is 19.6 Å². The molecule has 0 bridgehead atoms. The molecule has 1 aromatic heterocycles. The molecule has 3 aromatic rings. The van der Waals surface area contributed by atoms with Gasteiger partial charge in [-0.25, -0.2) is 0 Å². The number of methoxy groups -OCH3 is 1. The lowest BCUT2D eigenvalue weighted by atomic mass is 10.2. The Morgan fingerprint density at radius 1 is 1.27 bits per heavy atom. The van der Waals surface area contributed by atoms with Crippen molar-refractivity contribution in [2.75, 3.05) is 12.4 Å². The molecule has 0 aliphatic carbocycles. The highest BCUT2D eigenvalue weighted by molar-refractivity contribution is 6.31. The number of ether oxygens (including phenoxy) is 2. The van der Waals surface area contributed by atoms with Gasteiger partial charge in [0, 0.05) is 18.6 Å². The SMILES string of the molecule is COc1ccccc1Oc1cc(NC(=O)CCn2ncc(Cl)c2C)cc([N+](=O)[O-])c1. The fourth-order valence-corrected chi connectivity index (χ4v) is 2.87. The summed E-state index contributed by atoms with van der Waals surface area (Å²) >= 11 is 5.96. The standard InChI is InChI=1S/C20H19ClN4O5/c1-13-17(21)12-22-24(13)8-7-20(26)23-14-9-15(25(27)28)11-16(10-14)30-19-6-4-3-5-18(19)29-2/h3-6,9-12H,7-8H2,1-2H3,(H,23,26). The third-order valence-corrected chi connectivity index (χ3v) is 4.65. The van der Waals surface area contributed by atoms with E-state index < -0.39 is 4.92 Å². The molecule has 0 fully saturated rings. The van der Waals surface area contributed by atoms with Crippen LogP contribution in [0.25, 0.3) is 0 Å². The van der Waals surface area contributed by atoms with Crippen molar-refractivity contribution in [1.82, 2.24) is 9.78 Å². The van der Waals surface area contributed by atoms with Crippen LogP contribution in [-0.2, 0) is 11.3 Å². The Bertz CT molecular complexity index is 1080. The van der Waals surface area contributed by atoms with Crippen molar-refractivity contribution in [2.24, 2.45) is 0 Å². The molecule has 0 unspecified atom stereocenters. The van der Waals surface area contributed by atoms with Crippen molar-refractivity contribution in [3.05, 3.63) is 69.5 Å². The summed E-state index contributed by atoms with van der Waals surface area (Å²) in [5.74, 6) is 0.732. The fourth-order valence-electron chi connectivity index (χ4n) is 2.73. The second-order valence-electron chi connectivity index (χ2n) is 6.32. The average Bonchev–Trinajstić information content (AvgIpc) is 3.04. The van der Waals surface area contributed by atoms with Crippen LogP contribution in [0.4, 0.5) is 11.4 Å². The Labute approximate surface area is 177 Å². The van der Waals surface area contributed by atoms with E-state index >= 15 is 0 Å². The maximum Gasteiger partial charge on any atom is 0.275 e. The summed E-state index contributed by atoms with van der Waals surface area (Å²) in [5.41, 5.74) is 0.786. The van der Waals surface area contributed by atoms with Crippen LogP contribution in [0.5, 0.6) is 17.2 Å². The Kier molecular flexibility index (Phi) is 6.53. The normalized spacial score (nSPS) is 10.5. The lowest BCUT2D eigenvalue weighted by Crippen LogP contribution is -2.15. The first-order chi connectivity index (χ1) is 14.4. The third-order valence-electron chi connectivity index (χ3n) is 4.28. The van der Waals surface area contributed by atoms with Crippen molar-refractivity contribution in [2.45, 2.75) is 19.9 Å². The average molecular weight is 431 g/mol. The lowest BCUT2D eigenvalue weighted by molar-refractivity contribution is -0.384. The van der Waals surface area contributed by atoms with E-state index in [1.54, 1.807) is 35.9 Å². The second kappa shape index (κ2) is 9.27. The molecule has 0 saturated carbocycles. The van der Waals surface area contributed by atoms with Crippen LogP contribution in [0.15, 0.2) is 48.7 Å². The van der Waals surface area contributed by atoms with E-state index in [4.69, 9.17) is 21.1 Å². The molecule has 30 heavy (non-hydrogen) atoms. The first-order valence-electron chi connectivity index (χ1n) is 8.95. The van der Waals surface area contributed by atoms with Crippen molar-refractivity contribution >= 4 is 28.9 Å². The summed E-state index contributed by atoms with van der Waals surface area (Å²) in [4.78, 5) is 23.1. The van der Waals surface area contributed by atoms with Gasteiger partial charge < -0.3 is 14.8 Å². The zero-order chi connectivity index (χ0) is 21.7. The van der Waals surface area contributed by atoms with Gasteiger partial charge in [-0.2, -0.15) is 5.10 Å². The van der Waals surface area contributed by atoms with Crippen molar-refractivity contribution in [3.8, 4) is 17.2 Å². The lowest BCUT2D eigenvalue weighted by Gasteiger charge is -2.12. The topological polar surface area (TPSA) is 109 Å². The van der Waals surface area contributed by atoms with E-state index in [0.29, 0.717) is 23.1 Å². The maximum atomic E-state index is 12.3. The number of aromatic nitrogens is 2. The molecular formula is C20H19ClN4O5. The van der Waals surface area contributed by atoms with Crippen LogP contribution in [0, 0.1) is 17.0 Å². The van der Waals surface area contributed by atoms with E-state index in [2.05, 4.69) is 10.4 Å². The number of aryl methyl sites for hydroxylation is 1. The number of nitrogens with one attached hydrogen (secondary N) is 1. The highest BCUT2D eigenvalue weighted by Crippen LogP contribution is 2.34. The molecule has 0 radical (unpaired) electrons. The number of nitro benzene ring substituents is 1. The molecule has 1 N–H and O–H groups in total. The number of para-hydroxylation sites is 2. The maximum absolute atomic E-state index is 12.3. The molecule has 0 atom stereocenters. The molecule has 1 amide bonds. The number of benzene rings is 2. The van der Waals surface area contributed by atoms with Crippen LogP contribution in [-0.4, -0.2) is 27.7 Å². The van der Waals surface area contributed by atoms with Gasteiger partial charge >= 0.3 is 0 Å². The molecule has 0 spiro atoms. The summed E-state index contributed by atoms with van der Waals surface area (Å²) in [6.07, 6.45) is 1.63. The van der Waals surface area contributed by atoms with Gasteiger partial charge in [0.05, 0.1) is 47.2 Å². The predicted molar refractivity (Wildman–Crippen MR) is 111 cm³/mol. The fraction of sp³-hybridized carbons (Fsp3) is 0.200. The van der Waals surface area contributed by atoms with E-state index in [-0.39, 0.29) is 29.5 Å². The first-order valence-corrected chi connectivity index (χ1v) is 9.33. The number of anilines is 1. The van der Waals surface area contributed by atoms with Crippen molar-refractivity contribution in [3.63, 3.8) is 0 Å². The number of hydrogen-bond acceptors (Lipinski definition) is 6. The molecule has 9 nitrogen and oxygen atoms in total. The first kappa shape index (κ1) is 21.1. The number of carbonyl (C=O) groups is 1. The smallest absolute Gasteiger partial charge is 0.275 e. The molecule has 0 aliphatic heterocycles. The van der Waals surface area contributed by atoms with Gasteiger partial charge in [0.2, 0.25) is 5.91 Å². The number of nitrogens with zero attached hydrogens (tertiary/aromatic N) is 3. The van der Waals surface area contributed by atoms with Gasteiger partial charge in [-0.1, -0.05) is 23.7 Å². The monoisotopic (exact) mass is 430 g/mol.